The van der Waals surface area contributed by atoms with Crippen LogP contribution in [0.2, 0.25) is 0 Å². The van der Waals surface area contributed by atoms with Crippen molar-refractivity contribution < 1.29 is 24.5 Å². The molecule has 0 aliphatic heterocycles. The molecule has 3 aromatic carbocycles. The first-order chi connectivity index (χ1) is 14.4. The molecule has 0 amide bonds. The Balaban J connectivity index is 1.56. The molecule has 0 unspecified atom stereocenters. The topological polar surface area (TPSA) is 76.0 Å². The fraction of sp³-hybridized carbons (Fsp3) is 0.240. The zero-order chi connectivity index (χ0) is 21.6. The van der Waals surface area contributed by atoms with Gasteiger partial charge in [-0.1, -0.05) is 62.4 Å². The van der Waals surface area contributed by atoms with Crippen molar-refractivity contribution in [2.75, 3.05) is 13.2 Å². The first-order valence-corrected chi connectivity index (χ1v) is 9.80. The summed E-state index contributed by atoms with van der Waals surface area (Å²) in [6.45, 7) is 5.56. The monoisotopic (exact) mass is 406 g/mol. The highest BCUT2D eigenvalue weighted by Gasteiger charge is 2.25. The van der Waals surface area contributed by atoms with Crippen molar-refractivity contribution in [3.05, 3.63) is 95.1 Å². The van der Waals surface area contributed by atoms with E-state index in [0.29, 0.717) is 19.8 Å². The van der Waals surface area contributed by atoms with Crippen LogP contribution >= 0.6 is 0 Å². The quantitative estimate of drug-likeness (QED) is 0.489. The highest BCUT2D eigenvalue weighted by atomic mass is 16.5. The van der Waals surface area contributed by atoms with E-state index in [1.165, 1.54) is 12.1 Å². The Kier molecular flexibility index (Phi) is 6.75. The predicted molar refractivity (Wildman–Crippen MR) is 115 cm³/mol. The van der Waals surface area contributed by atoms with Gasteiger partial charge in [-0.3, -0.25) is 0 Å². The lowest BCUT2D eigenvalue weighted by Gasteiger charge is -2.26. The summed E-state index contributed by atoms with van der Waals surface area (Å²) in [7, 11) is 0. The van der Waals surface area contributed by atoms with E-state index in [4.69, 9.17) is 14.6 Å². The number of carboxylic acid groups (broad SMARTS) is 1. The molecule has 3 aromatic rings. The highest BCUT2D eigenvalue weighted by Crippen LogP contribution is 2.35. The van der Waals surface area contributed by atoms with Gasteiger partial charge < -0.3 is 19.7 Å². The van der Waals surface area contributed by atoms with E-state index >= 15 is 0 Å². The SMILES string of the molecule is CC(C)(c1ccc(OCCOCc2ccccc2)cc1)c1ccc(C(=O)O)c(O)c1. The van der Waals surface area contributed by atoms with E-state index in [9.17, 15) is 9.90 Å². The molecule has 156 valence electrons. The van der Waals surface area contributed by atoms with Gasteiger partial charge in [-0.15, -0.1) is 0 Å². The van der Waals surface area contributed by atoms with Gasteiger partial charge in [0.15, 0.2) is 0 Å². The second-order valence-electron chi connectivity index (χ2n) is 7.57. The molecule has 0 spiro atoms. The standard InChI is InChI=1S/C25H26O5/c1-25(2,20-10-13-22(24(27)28)23(26)16-20)19-8-11-21(12-9-19)30-15-14-29-17-18-6-4-3-5-7-18/h3-13,16,26H,14-15,17H2,1-2H3,(H,27,28). The third-order valence-corrected chi connectivity index (χ3v) is 5.13. The zero-order valence-electron chi connectivity index (χ0n) is 17.2. The fourth-order valence-electron chi connectivity index (χ4n) is 3.22. The van der Waals surface area contributed by atoms with Gasteiger partial charge in [0.1, 0.15) is 23.7 Å². The highest BCUT2D eigenvalue weighted by molar-refractivity contribution is 5.90. The smallest absolute Gasteiger partial charge is 0.339 e. The van der Waals surface area contributed by atoms with Crippen LogP contribution in [0.25, 0.3) is 0 Å². The summed E-state index contributed by atoms with van der Waals surface area (Å²) in [5, 5.41) is 19.1. The van der Waals surface area contributed by atoms with Crippen molar-refractivity contribution >= 4 is 5.97 Å². The number of carboxylic acids is 1. The lowest BCUT2D eigenvalue weighted by molar-refractivity contribution is 0.0693. The molecule has 0 atom stereocenters. The molecular formula is C25H26O5. The lowest BCUT2D eigenvalue weighted by atomic mass is 9.78. The van der Waals surface area contributed by atoms with Gasteiger partial charge in [-0.2, -0.15) is 0 Å². The summed E-state index contributed by atoms with van der Waals surface area (Å²) in [5.74, 6) is -0.628. The summed E-state index contributed by atoms with van der Waals surface area (Å²) >= 11 is 0. The van der Waals surface area contributed by atoms with Crippen LogP contribution in [-0.2, 0) is 16.8 Å². The molecule has 0 saturated heterocycles. The molecule has 0 radical (unpaired) electrons. The van der Waals surface area contributed by atoms with Crippen molar-refractivity contribution in [2.24, 2.45) is 0 Å². The Morgan fingerprint density at radius 2 is 1.57 bits per heavy atom. The number of hydrogen-bond donors (Lipinski definition) is 2. The van der Waals surface area contributed by atoms with Crippen molar-refractivity contribution in [3.8, 4) is 11.5 Å². The minimum Gasteiger partial charge on any atom is -0.507 e. The first-order valence-electron chi connectivity index (χ1n) is 9.80. The van der Waals surface area contributed by atoms with Crippen molar-refractivity contribution in [1.82, 2.24) is 0 Å². The average molecular weight is 406 g/mol. The van der Waals surface area contributed by atoms with Crippen molar-refractivity contribution in [1.29, 1.82) is 0 Å². The van der Waals surface area contributed by atoms with Gasteiger partial charge in [0.2, 0.25) is 0 Å². The van der Waals surface area contributed by atoms with Gasteiger partial charge in [0.05, 0.1) is 13.2 Å². The van der Waals surface area contributed by atoms with Crippen molar-refractivity contribution in [3.63, 3.8) is 0 Å². The molecule has 0 saturated carbocycles. The van der Waals surface area contributed by atoms with Gasteiger partial charge in [0.25, 0.3) is 0 Å². The summed E-state index contributed by atoms with van der Waals surface area (Å²) in [4.78, 5) is 11.1. The number of ether oxygens (including phenoxy) is 2. The Hall–Kier alpha value is -3.31. The molecule has 0 bridgehead atoms. The predicted octanol–water partition coefficient (Wildman–Crippen LogP) is 5.01. The van der Waals surface area contributed by atoms with E-state index in [0.717, 1.165) is 22.4 Å². The fourth-order valence-corrected chi connectivity index (χ4v) is 3.22. The van der Waals surface area contributed by atoms with Crippen LogP contribution in [0.1, 0.15) is 40.9 Å². The third-order valence-electron chi connectivity index (χ3n) is 5.13. The number of hydrogen-bond acceptors (Lipinski definition) is 4. The number of aromatic hydroxyl groups is 1. The Bertz CT molecular complexity index is 978. The second kappa shape index (κ2) is 9.46. The zero-order valence-corrected chi connectivity index (χ0v) is 17.2. The molecule has 30 heavy (non-hydrogen) atoms. The molecular weight excluding hydrogens is 380 g/mol. The molecule has 2 N–H and O–H groups in total. The van der Waals surface area contributed by atoms with Crippen molar-refractivity contribution in [2.45, 2.75) is 25.9 Å². The molecule has 3 rings (SSSR count). The number of rotatable bonds is 9. The maximum atomic E-state index is 11.1. The van der Waals surface area contributed by atoms with Gasteiger partial charge >= 0.3 is 5.97 Å². The van der Waals surface area contributed by atoms with Crippen LogP contribution in [0.5, 0.6) is 11.5 Å². The van der Waals surface area contributed by atoms with Crippen LogP contribution in [0.15, 0.2) is 72.8 Å². The molecule has 0 aliphatic carbocycles. The van der Waals surface area contributed by atoms with E-state index in [1.54, 1.807) is 6.07 Å². The average Bonchev–Trinajstić information content (AvgIpc) is 2.74. The van der Waals surface area contributed by atoms with E-state index in [2.05, 4.69) is 0 Å². The van der Waals surface area contributed by atoms with E-state index in [1.807, 2.05) is 68.4 Å². The lowest BCUT2D eigenvalue weighted by Crippen LogP contribution is -2.19. The largest absolute Gasteiger partial charge is 0.507 e. The van der Waals surface area contributed by atoms with Crippen LogP contribution in [0.4, 0.5) is 0 Å². The maximum absolute atomic E-state index is 11.1. The van der Waals surface area contributed by atoms with E-state index < -0.39 is 11.4 Å². The van der Waals surface area contributed by atoms with Crippen LogP contribution in [0, 0.1) is 0 Å². The number of carbonyl (C=O) groups is 1. The first kappa shape index (κ1) is 21.4. The van der Waals surface area contributed by atoms with Crippen LogP contribution < -0.4 is 4.74 Å². The molecule has 5 heteroatoms. The summed E-state index contributed by atoms with van der Waals surface area (Å²) in [6.07, 6.45) is 0. The number of aromatic carboxylic acids is 1. The van der Waals surface area contributed by atoms with Gasteiger partial charge in [-0.25, -0.2) is 4.79 Å². The summed E-state index contributed by atoms with van der Waals surface area (Å²) in [5.41, 5.74) is 2.47. The van der Waals surface area contributed by atoms with Gasteiger partial charge in [0, 0.05) is 5.41 Å². The molecule has 0 fully saturated rings. The summed E-state index contributed by atoms with van der Waals surface area (Å²) in [6, 6.07) is 22.4. The molecule has 5 nitrogen and oxygen atoms in total. The van der Waals surface area contributed by atoms with Crippen LogP contribution in [-0.4, -0.2) is 29.4 Å². The Morgan fingerprint density at radius 1 is 0.900 bits per heavy atom. The van der Waals surface area contributed by atoms with E-state index in [-0.39, 0.29) is 11.3 Å². The Morgan fingerprint density at radius 3 is 2.20 bits per heavy atom. The maximum Gasteiger partial charge on any atom is 0.339 e. The molecule has 0 aromatic heterocycles. The molecule has 0 aliphatic rings. The minimum atomic E-state index is -1.15. The third kappa shape index (κ3) is 5.19. The van der Waals surface area contributed by atoms with Gasteiger partial charge in [-0.05, 0) is 41.0 Å². The number of benzene rings is 3. The summed E-state index contributed by atoms with van der Waals surface area (Å²) < 4.78 is 11.4. The number of phenols is 1. The van der Waals surface area contributed by atoms with Crippen LogP contribution in [0.3, 0.4) is 0 Å². The Labute approximate surface area is 176 Å². The second-order valence-corrected chi connectivity index (χ2v) is 7.57. The minimum absolute atomic E-state index is 0.104. The normalized spacial score (nSPS) is 11.3. The molecule has 0 heterocycles.